The summed E-state index contributed by atoms with van der Waals surface area (Å²) < 4.78 is 0. The van der Waals surface area contributed by atoms with E-state index in [0.29, 0.717) is 27.7 Å². The zero-order valence-electron chi connectivity index (χ0n) is 21.0. The fourth-order valence-corrected chi connectivity index (χ4v) is 4.22. The molecule has 2 aromatic carbocycles. The first-order chi connectivity index (χ1) is 17.9. The van der Waals surface area contributed by atoms with Gasteiger partial charge in [0.1, 0.15) is 11.5 Å². The van der Waals surface area contributed by atoms with Gasteiger partial charge in [0.25, 0.3) is 0 Å². The molecule has 0 saturated carbocycles. The maximum Gasteiger partial charge on any atom is 0.242 e. The number of likely N-dealkylation sites (N-methyl/N-ethyl adjacent to an activating group) is 1. The molecule has 2 heterocycles. The molecule has 1 amide bonds. The first kappa shape index (κ1) is 25.8. The highest BCUT2D eigenvalue weighted by molar-refractivity contribution is 6.34. The standard InChI is InChI=1S/C29H27ClN6O/c1-17-22-10-8-19(14-20(22)12-13-34-17)9-11-25-27(30)24(15-26(35-25)36-29(37)18(2)32-3)23-7-5-6-21(16-31)28(23)33-4/h5-8,10,12-16,18,31-33H,1-4H3,(H,35,36,37). The molecule has 0 fully saturated rings. The predicted molar refractivity (Wildman–Crippen MR) is 152 cm³/mol. The van der Waals surface area contributed by atoms with E-state index in [9.17, 15) is 4.79 Å². The number of benzene rings is 2. The molecule has 1 unspecified atom stereocenters. The Kier molecular flexibility index (Phi) is 7.83. The van der Waals surface area contributed by atoms with Crippen LogP contribution in [-0.2, 0) is 4.79 Å². The number of aryl methyl sites for hydroxylation is 1. The molecule has 2 aromatic heterocycles. The maximum atomic E-state index is 12.6. The van der Waals surface area contributed by atoms with Crippen LogP contribution in [0, 0.1) is 24.2 Å². The summed E-state index contributed by atoms with van der Waals surface area (Å²) in [5.74, 6) is 6.36. The molecular formula is C29H27ClN6O. The number of halogens is 1. The van der Waals surface area contributed by atoms with E-state index in [-0.39, 0.29) is 5.91 Å². The number of anilines is 2. The minimum Gasteiger partial charge on any atom is -0.387 e. The molecule has 0 radical (unpaired) electrons. The van der Waals surface area contributed by atoms with Crippen LogP contribution in [0.4, 0.5) is 11.5 Å². The molecule has 37 heavy (non-hydrogen) atoms. The van der Waals surface area contributed by atoms with Crippen LogP contribution >= 0.6 is 11.6 Å². The fourth-order valence-electron chi connectivity index (χ4n) is 3.97. The second-order valence-corrected chi connectivity index (χ2v) is 8.84. The topological polar surface area (TPSA) is 103 Å². The van der Waals surface area contributed by atoms with Gasteiger partial charge in [0, 0.05) is 52.8 Å². The summed E-state index contributed by atoms with van der Waals surface area (Å²) in [6.45, 7) is 3.73. The average molecular weight is 511 g/mol. The molecule has 4 aromatic rings. The highest BCUT2D eigenvalue weighted by Gasteiger charge is 2.18. The second-order valence-electron chi connectivity index (χ2n) is 8.46. The zero-order chi connectivity index (χ0) is 26.5. The number of aromatic nitrogens is 2. The molecule has 0 bridgehead atoms. The number of pyridine rings is 2. The largest absolute Gasteiger partial charge is 0.387 e. The van der Waals surface area contributed by atoms with Crippen LogP contribution < -0.4 is 16.0 Å². The van der Waals surface area contributed by atoms with Crippen molar-refractivity contribution in [2.45, 2.75) is 19.9 Å². The third-order valence-corrected chi connectivity index (χ3v) is 6.50. The van der Waals surface area contributed by atoms with Crippen LogP contribution in [0.25, 0.3) is 21.9 Å². The van der Waals surface area contributed by atoms with Crippen molar-refractivity contribution in [2.24, 2.45) is 0 Å². The molecule has 7 nitrogen and oxygen atoms in total. The van der Waals surface area contributed by atoms with Gasteiger partial charge in [-0.25, -0.2) is 4.98 Å². The van der Waals surface area contributed by atoms with Gasteiger partial charge in [-0.05, 0) is 56.5 Å². The van der Waals surface area contributed by atoms with E-state index in [1.54, 1.807) is 33.3 Å². The Labute approximate surface area is 221 Å². The van der Waals surface area contributed by atoms with Gasteiger partial charge in [0.15, 0.2) is 0 Å². The Morgan fingerprint density at radius 1 is 1.11 bits per heavy atom. The predicted octanol–water partition coefficient (Wildman–Crippen LogP) is 5.24. The van der Waals surface area contributed by atoms with E-state index in [4.69, 9.17) is 17.0 Å². The quantitative estimate of drug-likeness (QED) is 0.210. The lowest BCUT2D eigenvalue weighted by Crippen LogP contribution is -2.35. The van der Waals surface area contributed by atoms with Crippen LogP contribution in [0.5, 0.6) is 0 Å². The van der Waals surface area contributed by atoms with Gasteiger partial charge in [0.05, 0.1) is 16.8 Å². The van der Waals surface area contributed by atoms with E-state index in [1.807, 2.05) is 49.4 Å². The number of hydrogen-bond acceptors (Lipinski definition) is 6. The van der Waals surface area contributed by atoms with Crippen molar-refractivity contribution in [3.8, 4) is 23.0 Å². The smallest absolute Gasteiger partial charge is 0.242 e. The number of carbonyl (C=O) groups is 1. The first-order valence-electron chi connectivity index (χ1n) is 11.7. The highest BCUT2D eigenvalue weighted by atomic mass is 35.5. The third kappa shape index (κ3) is 5.46. The Hall–Kier alpha value is -4.25. The SMILES string of the molecule is CNc1c(C=N)cccc1-c1cc(NC(=O)C(C)NC)nc(C#Cc2ccc3c(C)nccc3c2)c1Cl. The minimum absolute atomic E-state index is 0.234. The summed E-state index contributed by atoms with van der Waals surface area (Å²) >= 11 is 6.87. The number of nitrogens with zero attached hydrogens (tertiary/aromatic N) is 2. The Morgan fingerprint density at radius 2 is 1.92 bits per heavy atom. The molecule has 0 aliphatic carbocycles. The van der Waals surface area contributed by atoms with Crippen LogP contribution in [0.15, 0.2) is 54.7 Å². The number of nitrogens with one attached hydrogen (secondary N) is 4. The number of rotatable bonds is 6. The number of hydrogen-bond donors (Lipinski definition) is 4. The second kappa shape index (κ2) is 11.2. The summed E-state index contributed by atoms with van der Waals surface area (Å²) in [4.78, 5) is 21.5. The van der Waals surface area contributed by atoms with Gasteiger partial charge in [-0.2, -0.15) is 0 Å². The average Bonchev–Trinajstić information content (AvgIpc) is 2.92. The third-order valence-electron chi connectivity index (χ3n) is 6.12. The van der Waals surface area contributed by atoms with Crippen LogP contribution in [0.1, 0.15) is 29.4 Å². The van der Waals surface area contributed by atoms with E-state index in [0.717, 1.165) is 33.3 Å². The Bertz CT molecular complexity index is 1570. The number of fused-ring (bicyclic) bond motifs is 1. The van der Waals surface area contributed by atoms with E-state index < -0.39 is 6.04 Å². The lowest BCUT2D eigenvalue weighted by atomic mass is 9.99. The normalized spacial score (nSPS) is 11.4. The van der Waals surface area contributed by atoms with Crippen molar-refractivity contribution in [1.82, 2.24) is 15.3 Å². The van der Waals surface area contributed by atoms with Crippen molar-refractivity contribution < 1.29 is 4.79 Å². The number of amides is 1. The zero-order valence-corrected chi connectivity index (χ0v) is 21.8. The molecule has 4 rings (SSSR count). The van der Waals surface area contributed by atoms with E-state index in [2.05, 4.69) is 37.8 Å². The summed E-state index contributed by atoms with van der Waals surface area (Å²) in [5, 5.41) is 19.2. The lowest BCUT2D eigenvalue weighted by Gasteiger charge is -2.16. The first-order valence-corrected chi connectivity index (χ1v) is 12.1. The molecule has 4 N–H and O–H groups in total. The molecule has 0 aliphatic rings. The summed E-state index contributed by atoms with van der Waals surface area (Å²) in [6.07, 6.45) is 3.05. The summed E-state index contributed by atoms with van der Waals surface area (Å²) in [6, 6.07) is 14.8. The molecule has 1 atom stereocenters. The summed E-state index contributed by atoms with van der Waals surface area (Å²) in [5.41, 5.74) is 4.95. The molecule has 186 valence electrons. The van der Waals surface area contributed by atoms with Crippen molar-refractivity contribution in [3.63, 3.8) is 0 Å². The molecule has 0 aliphatic heterocycles. The van der Waals surface area contributed by atoms with Crippen molar-refractivity contribution >= 4 is 46.0 Å². The van der Waals surface area contributed by atoms with Gasteiger partial charge in [-0.3, -0.25) is 9.78 Å². The number of para-hydroxylation sites is 1. The van der Waals surface area contributed by atoms with Gasteiger partial charge in [-0.1, -0.05) is 41.8 Å². The fraction of sp³-hybridized carbons (Fsp3) is 0.172. The van der Waals surface area contributed by atoms with Gasteiger partial charge >= 0.3 is 0 Å². The van der Waals surface area contributed by atoms with Gasteiger partial charge in [0.2, 0.25) is 5.91 Å². The Morgan fingerprint density at radius 3 is 2.65 bits per heavy atom. The van der Waals surface area contributed by atoms with Crippen LogP contribution in [0.3, 0.4) is 0 Å². The molecule has 0 saturated heterocycles. The van der Waals surface area contributed by atoms with E-state index in [1.165, 1.54) is 6.21 Å². The minimum atomic E-state index is -0.417. The van der Waals surface area contributed by atoms with Crippen molar-refractivity contribution in [2.75, 3.05) is 24.7 Å². The van der Waals surface area contributed by atoms with Crippen molar-refractivity contribution in [1.29, 1.82) is 5.41 Å². The van der Waals surface area contributed by atoms with Crippen molar-refractivity contribution in [3.05, 3.63) is 82.3 Å². The van der Waals surface area contributed by atoms with Gasteiger partial charge in [-0.15, -0.1) is 0 Å². The molecule has 8 heteroatoms. The monoisotopic (exact) mass is 510 g/mol. The highest BCUT2D eigenvalue weighted by Crippen LogP contribution is 2.37. The summed E-state index contributed by atoms with van der Waals surface area (Å²) in [7, 11) is 3.50. The lowest BCUT2D eigenvalue weighted by molar-refractivity contribution is -0.117. The molecule has 0 spiro atoms. The maximum absolute atomic E-state index is 12.6. The number of carbonyl (C=O) groups excluding carboxylic acids is 1. The molecular weight excluding hydrogens is 484 g/mol. The van der Waals surface area contributed by atoms with Crippen LogP contribution in [0.2, 0.25) is 5.02 Å². The van der Waals surface area contributed by atoms with E-state index >= 15 is 0 Å². The van der Waals surface area contributed by atoms with Gasteiger partial charge < -0.3 is 21.4 Å². The van der Waals surface area contributed by atoms with Crippen LogP contribution in [-0.4, -0.2) is 42.2 Å². The Balaban J connectivity index is 1.86.